The van der Waals surface area contributed by atoms with E-state index in [0.717, 1.165) is 25.8 Å². The summed E-state index contributed by atoms with van der Waals surface area (Å²) in [6.07, 6.45) is 4.57. The molecule has 0 aliphatic heterocycles. The van der Waals surface area contributed by atoms with Crippen molar-refractivity contribution in [2.24, 2.45) is 17.6 Å². The maximum Gasteiger partial charge on any atom is 0.220 e. The van der Waals surface area contributed by atoms with Gasteiger partial charge in [0, 0.05) is 12.5 Å². The first-order valence-electron chi connectivity index (χ1n) is 5.05. The first-order chi connectivity index (χ1) is 6.11. The van der Waals surface area contributed by atoms with Gasteiger partial charge >= 0.3 is 0 Å². The molecule has 1 saturated carbocycles. The van der Waals surface area contributed by atoms with Gasteiger partial charge in [-0.15, -0.1) is 0 Å². The van der Waals surface area contributed by atoms with E-state index in [2.05, 4.69) is 4.90 Å². The second kappa shape index (κ2) is 4.61. The number of nitrogens with two attached hydrogens (primary N) is 1. The molecule has 1 amide bonds. The molecular formula is C10H20N2O. The van der Waals surface area contributed by atoms with Crippen LogP contribution < -0.4 is 5.73 Å². The fourth-order valence-corrected chi connectivity index (χ4v) is 2.27. The predicted molar refractivity (Wildman–Crippen MR) is 53.2 cm³/mol. The zero-order valence-corrected chi connectivity index (χ0v) is 8.62. The fourth-order valence-electron chi connectivity index (χ4n) is 2.27. The second-order valence-corrected chi connectivity index (χ2v) is 4.32. The molecule has 0 radical (unpaired) electrons. The second-order valence-electron chi connectivity index (χ2n) is 4.32. The van der Waals surface area contributed by atoms with E-state index < -0.39 is 0 Å². The molecule has 2 N–H and O–H groups in total. The Kier molecular flexibility index (Phi) is 3.72. The Morgan fingerprint density at radius 3 is 2.54 bits per heavy atom. The van der Waals surface area contributed by atoms with E-state index in [1.54, 1.807) is 0 Å². The van der Waals surface area contributed by atoms with E-state index in [-0.39, 0.29) is 11.8 Å². The van der Waals surface area contributed by atoms with Crippen LogP contribution in [0.25, 0.3) is 0 Å². The highest BCUT2D eigenvalue weighted by Crippen LogP contribution is 2.29. The largest absolute Gasteiger partial charge is 0.369 e. The molecule has 3 nitrogen and oxygen atoms in total. The Balaban J connectivity index is 2.51. The van der Waals surface area contributed by atoms with Crippen LogP contribution in [0.5, 0.6) is 0 Å². The van der Waals surface area contributed by atoms with Crippen LogP contribution in [0.3, 0.4) is 0 Å². The number of carbonyl (C=O) groups excluding carboxylic acids is 1. The number of carbonyl (C=O) groups is 1. The van der Waals surface area contributed by atoms with Crippen LogP contribution in [0.1, 0.15) is 25.7 Å². The number of hydrogen-bond acceptors (Lipinski definition) is 2. The summed E-state index contributed by atoms with van der Waals surface area (Å²) >= 11 is 0. The van der Waals surface area contributed by atoms with Gasteiger partial charge in [-0.1, -0.05) is 12.8 Å². The molecule has 0 spiro atoms. The molecule has 2 unspecified atom stereocenters. The third-order valence-electron chi connectivity index (χ3n) is 2.87. The average Bonchev–Trinajstić information content (AvgIpc) is 2.03. The highest BCUT2D eigenvalue weighted by atomic mass is 16.1. The lowest BCUT2D eigenvalue weighted by Crippen LogP contribution is -2.37. The molecule has 1 rings (SSSR count). The number of primary amides is 1. The van der Waals surface area contributed by atoms with Gasteiger partial charge in [-0.25, -0.2) is 0 Å². The third-order valence-corrected chi connectivity index (χ3v) is 2.87. The van der Waals surface area contributed by atoms with Gasteiger partial charge < -0.3 is 10.6 Å². The molecule has 0 heterocycles. The maximum atomic E-state index is 11.1. The van der Waals surface area contributed by atoms with Gasteiger partial charge in [-0.3, -0.25) is 4.79 Å². The molecule has 0 aromatic rings. The standard InChI is InChI=1S/C10H20N2O/c1-12(2)7-8-5-3-4-6-9(8)10(11)13/h8-9H,3-7H2,1-2H3,(H2,11,13). The molecule has 0 aromatic heterocycles. The summed E-state index contributed by atoms with van der Waals surface area (Å²) in [6, 6.07) is 0. The Hall–Kier alpha value is -0.570. The molecule has 76 valence electrons. The van der Waals surface area contributed by atoms with Gasteiger partial charge in [0.2, 0.25) is 5.91 Å². The third kappa shape index (κ3) is 2.99. The highest BCUT2D eigenvalue weighted by molar-refractivity contribution is 5.77. The van der Waals surface area contributed by atoms with Gasteiger partial charge in [-0.2, -0.15) is 0 Å². The van der Waals surface area contributed by atoms with E-state index in [9.17, 15) is 4.79 Å². The van der Waals surface area contributed by atoms with E-state index in [0.29, 0.717) is 5.92 Å². The van der Waals surface area contributed by atoms with Crippen LogP contribution in [0.2, 0.25) is 0 Å². The lowest BCUT2D eigenvalue weighted by atomic mass is 9.78. The minimum absolute atomic E-state index is 0.105. The summed E-state index contributed by atoms with van der Waals surface area (Å²) in [6.45, 7) is 0.994. The summed E-state index contributed by atoms with van der Waals surface area (Å²) < 4.78 is 0. The van der Waals surface area contributed by atoms with Gasteiger partial charge in [-0.05, 0) is 32.9 Å². The fraction of sp³-hybridized carbons (Fsp3) is 0.900. The zero-order valence-electron chi connectivity index (χ0n) is 8.62. The van der Waals surface area contributed by atoms with Crippen LogP contribution in [-0.2, 0) is 4.79 Å². The highest BCUT2D eigenvalue weighted by Gasteiger charge is 2.29. The SMILES string of the molecule is CN(C)CC1CCCCC1C(N)=O. The summed E-state index contributed by atoms with van der Waals surface area (Å²) in [7, 11) is 4.10. The molecule has 3 heteroatoms. The molecule has 1 aliphatic carbocycles. The molecule has 1 aliphatic rings. The quantitative estimate of drug-likeness (QED) is 0.706. The van der Waals surface area contributed by atoms with Gasteiger partial charge in [0.05, 0.1) is 0 Å². The number of amides is 1. The van der Waals surface area contributed by atoms with Crippen molar-refractivity contribution in [3.63, 3.8) is 0 Å². The van der Waals surface area contributed by atoms with Gasteiger partial charge in [0.1, 0.15) is 0 Å². The Labute approximate surface area is 80.3 Å². The van der Waals surface area contributed by atoms with Crippen molar-refractivity contribution < 1.29 is 4.79 Å². The smallest absolute Gasteiger partial charge is 0.220 e. The van der Waals surface area contributed by atoms with E-state index in [1.807, 2.05) is 14.1 Å². The van der Waals surface area contributed by atoms with Crippen LogP contribution >= 0.6 is 0 Å². The molecule has 0 bridgehead atoms. The van der Waals surface area contributed by atoms with Crippen LogP contribution in [0.15, 0.2) is 0 Å². The molecule has 0 aromatic carbocycles. The Morgan fingerprint density at radius 2 is 2.00 bits per heavy atom. The van der Waals surface area contributed by atoms with Crippen molar-refractivity contribution in [1.29, 1.82) is 0 Å². The monoisotopic (exact) mass is 184 g/mol. The van der Waals surface area contributed by atoms with Crippen molar-refractivity contribution >= 4 is 5.91 Å². The van der Waals surface area contributed by atoms with E-state index in [4.69, 9.17) is 5.73 Å². The van der Waals surface area contributed by atoms with Crippen LogP contribution in [0.4, 0.5) is 0 Å². The minimum Gasteiger partial charge on any atom is -0.369 e. The lowest BCUT2D eigenvalue weighted by molar-refractivity contribution is -0.124. The van der Waals surface area contributed by atoms with Crippen molar-refractivity contribution in [2.45, 2.75) is 25.7 Å². The summed E-state index contributed by atoms with van der Waals surface area (Å²) in [5.74, 6) is 0.504. The summed E-state index contributed by atoms with van der Waals surface area (Å²) in [5.41, 5.74) is 5.38. The average molecular weight is 184 g/mol. The number of rotatable bonds is 3. The summed E-state index contributed by atoms with van der Waals surface area (Å²) in [5, 5.41) is 0. The molecule has 0 saturated heterocycles. The zero-order chi connectivity index (χ0) is 9.84. The van der Waals surface area contributed by atoms with Crippen molar-refractivity contribution in [2.75, 3.05) is 20.6 Å². The number of hydrogen-bond donors (Lipinski definition) is 1. The van der Waals surface area contributed by atoms with Crippen molar-refractivity contribution in [1.82, 2.24) is 4.90 Å². The van der Waals surface area contributed by atoms with Gasteiger partial charge in [0.15, 0.2) is 0 Å². The first kappa shape index (κ1) is 10.5. The summed E-state index contributed by atoms with van der Waals surface area (Å²) in [4.78, 5) is 13.3. The Bertz CT molecular complexity index is 180. The molecule has 1 fully saturated rings. The Morgan fingerprint density at radius 1 is 1.38 bits per heavy atom. The minimum atomic E-state index is -0.105. The van der Waals surface area contributed by atoms with Crippen LogP contribution in [-0.4, -0.2) is 31.4 Å². The molecular weight excluding hydrogens is 164 g/mol. The molecule has 13 heavy (non-hydrogen) atoms. The van der Waals surface area contributed by atoms with Crippen LogP contribution in [0, 0.1) is 11.8 Å². The first-order valence-corrected chi connectivity index (χ1v) is 5.05. The van der Waals surface area contributed by atoms with Crippen molar-refractivity contribution in [3.05, 3.63) is 0 Å². The van der Waals surface area contributed by atoms with E-state index in [1.165, 1.54) is 6.42 Å². The topological polar surface area (TPSA) is 46.3 Å². The predicted octanol–water partition coefficient (Wildman–Crippen LogP) is 0.840. The normalized spacial score (nSPS) is 29.2. The maximum absolute atomic E-state index is 11.1. The number of nitrogens with zero attached hydrogens (tertiary/aromatic N) is 1. The lowest BCUT2D eigenvalue weighted by Gasteiger charge is -2.31. The van der Waals surface area contributed by atoms with E-state index >= 15 is 0 Å². The van der Waals surface area contributed by atoms with Crippen molar-refractivity contribution in [3.8, 4) is 0 Å². The molecule has 2 atom stereocenters. The van der Waals surface area contributed by atoms with Gasteiger partial charge in [0.25, 0.3) is 0 Å².